The number of carbonyl (C=O) groups is 1. The van der Waals surface area contributed by atoms with Gasteiger partial charge in [-0.15, -0.1) is 24.0 Å². The number of aliphatic imine (C=N–C) groups is 1. The number of rotatable bonds is 5. The number of hydrogen-bond donors (Lipinski definition) is 2. The molecule has 0 saturated heterocycles. The maximum Gasteiger partial charge on any atom is 0.416 e. The van der Waals surface area contributed by atoms with Crippen LogP contribution in [0.25, 0.3) is 0 Å². The fourth-order valence-electron chi connectivity index (χ4n) is 1.84. The Kier molecular flexibility index (Phi) is 9.97. The van der Waals surface area contributed by atoms with E-state index >= 15 is 0 Å². The largest absolute Gasteiger partial charge is 0.459 e. The van der Waals surface area contributed by atoms with Gasteiger partial charge in [-0.1, -0.05) is 12.1 Å². The van der Waals surface area contributed by atoms with E-state index in [1.54, 1.807) is 20.8 Å². The van der Waals surface area contributed by atoms with Crippen molar-refractivity contribution in [3.63, 3.8) is 0 Å². The molecule has 0 aliphatic heterocycles. The van der Waals surface area contributed by atoms with E-state index in [9.17, 15) is 18.0 Å². The Labute approximate surface area is 168 Å². The summed E-state index contributed by atoms with van der Waals surface area (Å²) in [5.41, 5.74) is -0.647. The van der Waals surface area contributed by atoms with Crippen molar-refractivity contribution in [3.8, 4) is 0 Å². The molecule has 2 N–H and O–H groups in total. The summed E-state index contributed by atoms with van der Waals surface area (Å²) >= 11 is 0. The molecule has 1 aromatic rings. The van der Waals surface area contributed by atoms with E-state index in [1.165, 1.54) is 12.1 Å². The first-order chi connectivity index (χ1) is 11.5. The van der Waals surface area contributed by atoms with Gasteiger partial charge in [-0.05, 0) is 45.4 Å². The van der Waals surface area contributed by atoms with Crippen molar-refractivity contribution in [2.24, 2.45) is 4.99 Å². The first kappa shape index (κ1) is 24.5. The number of hydrogen-bond acceptors (Lipinski definition) is 3. The molecule has 0 aliphatic rings. The van der Waals surface area contributed by atoms with Gasteiger partial charge in [-0.2, -0.15) is 13.2 Å². The van der Waals surface area contributed by atoms with Gasteiger partial charge in [-0.25, -0.2) is 4.99 Å². The molecule has 9 heteroatoms. The van der Waals surface area contributed by atoms with Gasteiger partial charge >= 0.3 is 12.1 Å². The Hall–Kier alpha value is -1.52. The summed E-state index contributed by atoms with van der Waals surface area (Å²) < 4.78 is 42.8. The predicted octanol–water partition coefficient (Wildman–Crippen LogP) is 3.72. The highest BCUT2D eigenvalue weighted by Crippen LogP contribution is 2.29. The van der Waals surface area contributed by atoms with E-state index in [4.69, 9.17) is 4.74 Å². The van der Waals surface area contributed by atoms with Crippen LogP contribution in [0.15, 0.2) is 29.3 Å². The minimum atomic E-state index is -4.36. The Morgan fingerprint density at radius 1 is 1.12 bits per heavy atom. The highest BCUT2D eigenvalue weighted by Gasteiger charge is 2.29. The summed E-state index contributed by atoms with van der Waals surface area (Å²) in [4.78, 5) is 15.9. The standard InChI is InChI=1S/C17H24F3N3O2.HI/c1-5-21-15(23-11-14(24)25-16(2,3)4)22-10-12-6-8-13(9-7-12)17(18,19)20;/h6-9H,5,10-11H2,1-4H3,(H2,21,22,23);1H. The van der Waals surface area contributed by atoms with E-state index in [1.807, 2.05) is 6.92 Å². The molecular weight excluding hydrogens is 462 g/mol. The van der Waals surface area contributed by atoms with Gasteiger partial charge in [0, 0.05) is 6.54 Å². The minimum absolute atomic E-state index is 0. The Bertz CT molecular complexity index is 597. The third-order valence-electron chi connectivity index (χ3n) is 2.87. The third-order valence-corrected chi connectivity index (χ3v) is 2.87. The number of guanidine groups is 1. The number of nitrogens with zero attached hydrogens (tertiary/aromatic N) is 1. The summed E-state index contributed by atoms with van der Waals surface area (Å²) in [6.07, 6.45) is -4.36. The highest BCUT2D eigenvalue weighted by atomic mass is 127. The average molecular weight is 487 g/mol. The summed E-state index contributed by atoms with van der Waals surface area (Å²) in [6.45, 7) is 7.88. The molecule has 0 aromatic heterocycles. The van der Waals surface area contributed by atoms with E-state index in [0.717, 1.165) is 12.1 Å². The topological polar surface area (TPSA) is 62.7 Å². The zero-order valence-electron chi connectivity index (χ0n) is 15.2. The van der Waals surface area contributed by atoms with Crippen LogP contribution in [-0.4, -0.2) is 30.6 Å². The molecule has 0 unspecified atom stereocenters. The molecule has 1 aromatic carbocycles. The SMILES string of the molecule is CCNC(=NCc1ccc(C(F)(F)F)cc1)NCC(=O)OC(C)(C)C.I. The zero-order valence-corrected chi connectivity index (χ0v) is 17.6. The maximum absolute atomic E-state index is 12.5. The number of benzene rings is 1. The summed E-state index contributed by atoms with van der Waals surface area (Å²) in [5.74, 6) is -0.0408. The van der Waals surface area contributed by atoms with Gasteiger partial charge in [0.15, 0.2) is 5.96 Å². The van der Waals surface area contributed by atoms with Crippen LogP contribution in [0.5, 0.6) is 0 Å². The highest BCUT2D eigenvalue weighted by molar-refractivity contribution is 14.0. The fraction of sp³-hybridized carbons (Fsp3) is 0.529. The van der Waals surface area contributed by atoms with E-state index in [-0.39, 0.29) is 37.1 Å². The average Bonchev–Trinajstić information content (AvgIpc) is 2.48. The lowest BCUT2D eigenvalue weighted by Gasteiger charge is -2.20. The molecule has 0 aliphatic carbocycles. The molecule has 1 rings (SSSR count). The van der Waals surface area contributed by atoms with Crippen LogP contribution in [0.2, 0.25) is 0 Å². The molecule has 0 amide bonds. The molecule has 5 nitrogen and oxygen atoms in total. The molecule has 0 fully saturated rings. The van der Waals surface area contributed by atoms with Crippen molar-refractivity contribution < 1.29 is 22.7 Å². The van der Waals surface area contributed by atoms with Crippen molar-refractivity contribution in [1.82, 2.24) is 10.6 Å². The van der Waals surface area contributed by atoms with Gasteiger partial charge < -0.3 is 15.4 Å². The van der Waals surface area contributed by atoms with Crippen molar-refractivity contribution in [2.75, 3.05) is 13.1 Å². The van der Waals surface area contributed by atoms with Gasteiger partial charge in [-0.3, -0.25) is 4.79 Å². The van der Waals surface area contributed by atoms with Gasteiger partial charge in [0.25, 0.3) is 0 Å². The summed E-state index contributed by atoms with van der Waals surface area (Å²) in [5, 5.41) is 5.79. The summed E-state index contributed by atoms with van der Waals surface area (Å²) in [7, 11) is 0. The molecule has 0 spiro atoms. The van der Waals surface area contributed by atoms with Crippen LogP contribution >= 0.6 is 24.0 Å². The molecule has 26 heavy (non-hydrogen) atoms. The van der Waals surface area contributed by atoms with Crippen LogP contribution in [0.3, 0.4) is 0 Å². The number of ether oxygens (including phenoxy) is 1. The predicted molar refractivity (Wildman–Crippen MR) is 106 cm³/mol. The maximum atomic E-state index is 12.5. The zero-order chi connectivity index (χ0) is 19.1. The second-order valence-corrected chi connectivity index (χ2v) is 6.33. The molecular formula is C17H25F3IN3O2. The van der Waals surface area contributed by atoms with Crippen molar-refractivity contribution >= 4 is 35.9 Å². The Morgan fingerprint density at radius 2 is 1.69 bits per heavy atom. The van der Waals surface area contributed by atoms with Crippen molar-refractivity contribution in [2.45, 2.75) is 46.0 Å². The monoisotopic (exact) mass is 487 g/mol. The molecule has 148 valence electrons. The Balaban J connectivity index is 0.00000625. The molecule has 0 radical (unpaired) electrons. The van der Waals surface area contributed by atoms with Crippen LogP contribution in [-0.2, 0) is 22.3 Å². The van der Waals surface area contributed by atoms with E-state index < -0.39 is 23.3 Å². The second kappa shape index (κ2) is 10.6. The second-order valence-electron chi connectivity index (χ2n) is 6.33. The van der Waals surface area contributed by atoms with Gasteiger partial charge in [0.05, 0.1) is 12.1 Å². The first-order valence-corrected chi connectivity index (χ1v) is 7.91. The lowest BCUT2D eigenvalue weighted by molar-refractivity contribution is -0.153. The number of esters is 1. The summed E-state index contributed by atoms with van der Waals surface area (Å²) in [6, 6.07) is 4.80. The normalized spacial score (nSPS) is 12.2. The van der Waals surface area contributed by atoms with Gasteiger partial charge in [0.1, 0.15) is 12.1 Å². The van der Waals surface area contributed by atoms with Crippen molar-refractivity contribution in [3.05, 3.63) is 35.4 Å². The third kappa shape index (κ3) is 9.83. The molecule has 0 atom stereocenters. The number of nitrogens with one attached hydrogen (secondary N) is 2. The van der Waals surface area contributed by atoms with Crippen LogP contribution < -0.4 is 10.6 Å². The fourth-order valence-corrected chi connectivity index (χ4v) is 1.84. The van der Waals surface area contributed by atoms with E-state index in [0.29, 0.717) is 18.1 Å². The molecule has 0 saturated carbocycles. The van der Waals surface area contributed by atoms with Gasteiger partial charge in [0.2, 0.25) is 0 Å². The van der Waals surface area contributed by atoms with Crippen LogP contribution in [0, 0.1) is 0 Å². The molecule has 0 bridgehead atoms. The number of halogens is 4. The quantitative estimate of drug-likeness (QED) is 0.288. The first-order valence-electron chi connectivity index (χ1n) is 7.91. The van der Waals surface area contributed by atoms with Crippen LogP contribution in [0.4, 0.5) is 13.2 Å². The smallest absolute Gasteiger partial charge is 0.416 e. The lowest BCUT2D eigenvalue weighted by atomic mass is 10.1. The lowest BCUT2D eigenvalue weighted by Crippen LogP contribution is -2.41. The number of alkyl halides is 3. The van der Waals surface area contributed by atoms with E-state index in [2.05, 4.69) is 15.6 Å². The van der Waals surface area contributed by atoms with Crippen LogP contribution in [0.1, 0.15) is 38.8 Å². The van der Waals surface area contributed by atoms with Crippen molar-refractivity contribution in [1.29, 1.82) is 0 Å². The number of carbonyl (C=O) groups excluding carboxylic acids is 1. The minimum Gasteiger partial charge on any atom is -0.459 e. The molecule has 0 heterocycles. The Morgan fingerprint density at radius 3 is 2.15 bits per heavy atom.